The summed E-state index contributed by atoms with van der Waals surface area (Å²) < 4.78 is 12.2. The van der Waals surface area contributed by atoms with Gasteiger partial charge in [-0.2, -0.15) is 0 Å². The van der Waals surface area contributed by atoms with E-state index in [1.165, 1.54) is 12.1 Å². The Balaban J connectivity index is 1.64. The van der Waals surface area contributed by atoms with Crippen LogP contribution in [0.15, 0.2) is 95.5 Å². The highest BCUT2D eigenvalue weighted by atomic mass is 79.9. The Hall–Kier alpha value is -5.33. The number of aryl methyl sites for hydroxylation is 1. The maximum absolute atomic E-state index is 15.8. The zero-order valence-electron chi connectivity index (χ0n) is 27.5. The number of aromatic amines is 1. The van der Waals surface area contributed by atoms with Gasteiger partial charge in [-0.15, -0.1) is 0 Å². The van der Waals surface area contributed by atoms with E-state index in [1.54, 1.807) is 43.0 Å². The predicted octanol–water partition coefficient (Wildman–Crippen LogP) is 6.54. The number of fused-ring (bicyclic) bond motifs is 6. The minimum atomic E-state index is -2.46. The summed E-state index contributed by atoms with van der Waals surface area (Å²) in [7, 11) is 0. The van der Waals surface area contributed by atoms with Crippen LogP contribution in [0, 0.1) is 17.0 Å². The van der Waals surface area contributed by atoms with Crippen LogP contribution in [-0.2, 0) is 35.8 Å². The molecule has 4 aromatic carbocycles. The first-order valence-corrected chi connectivity index (χ1v) is 17.0. The van der Waals surface area contributed by atoms with E-state index in [1.807, 2.05) is 61.5 Å². The third-order valence-corrected chi connectivity index (χ3v) is 10.1. The first-order chi connectivity index (χ1) is 24.1. The second kappa shape index (κ2) is 12.5. The van der Waals surface area contributed by atoms with Crippen molar-refractivity contribution in [2.24, 2.45) is 0 Å². The lowest BCUT2D eigenvalue weighted by Crippen LogP contribution is -2.76. The minimum absolute atomic E-state index is 0.0884. The molecule has 0 unspecified atom stereocenters. The zero-order valence-corrected chi connectivity index (χ0v) is 29.1. The van der Waals surface area contributed by atoms with Crippen molar-refractivity contribution in [1.29, 1.82) is 0 Å². The van der Waals surface area contributed by atoms with Crippen molar-refractivity contribution in [3.8, 4) is 0 Å². The highest BCUT2D eigenvalue weighted by molar-refractivity contribution is 9.10. The van der Waals surface area contributed by atoms with Crippen LogP contribution in [0.2, 0.25) is 0 Å². The number of halogens is 1. The number of non-ortho nitro benzene ring substituents is 1. The number of nitrogens with zero attached hydrogens (tertiary/aromatic N) is 2. The molecule has 7 rings (SSSR count). The Bertz CT molecular complexity index is 2170. The third kappa shape index (κ3) is 4.77. The molecular weight excluding hydrogens is 704 g/mol. The van der Waals surface area contributed by atoms with Crippen molar-refractivity contribution in [1.82, 2.24) is 10.3 Å². The Morgan fingerprint density at radius 2 is 1.62 bits per heavy atom. The molecule has 1 amide bonds. The van der Waals surface area contributed by atoms with Gasteiger partial charge in [-0.25, -0.2) is 9.59 Å². The summed E-state index contributed by atoms with van der Waals surface area (Å²) in [6, 6.07) is 25.5. The summed E-state index contributed by atoms with van der Waals surface area (Å²) in [5, 5.41) is 15.5. The second-order valence-electron chi connectivity index (χ2n) is 12.4. The van der Waals surface area contributed by atoms with Crippen LogP contribution >= 0.6 is 15.9 Å². The molecule has 11 nitrogen and oxygen atoms in total. The lowest BCUT2D eigenvalue weighted by Gasteiger charge is -2.49. The van der Waals surface area contributed by atoms with E-state index in [-0.39, 0.29) is 25.4 Å². The zero-order chi connectivity index (χ0) is 35.4. The molecule has 1 spiro atoms. The van der Waals surface area contributed by atoms with Crippen LogP contribution < -0.4 is 10.2 Å². The smallest absolute Gasteiger partial charge is 0.340 e. The molecule has 0 fully saturated rings. The molecule has 0 bridgehead atoms. The van der Waals surface area contributed by atoms with E-state index in [2.05, 4.69) is 26.2 Å². The number of hydrogen-bond donors (Lipinski definition) is 2. The summed E-state index contributed by atoms with van der Waals surface area (Å²) in [5.41, 5.74) is 0.159. The number of aromatic nitrogens is 1. The molecule has 2 aliphatic rings. The summed E-state index contributed by atoms with van der Waals surface area (Å²) in [6.45, 7) is 5.15. The molecule has 5 aromatic rings. The molecule has 0 saturated carbocycles. The Morgan fingerprint density at radius 1 is 0.940 bits per heavy atom. The fraction of sp³-hybridized carbons (Fsp3) is 0.237. The first-order valence-electron chi connectivity index (χ1n) is 16.2. The van der Waals surface area contributed by atoms with E-state index in [4.69, 9.17) is 9.47 Å². The largest absolute Gasteiger partial charge is 0.464 e. The summed E-state index contributed by atoms with van der Waals surface area (Å²) in [4.78, 5) is 61.8. The van der Waals surface area contributed by atoms with Crippen molar-refractivity contribution in [3.63, 3.8) is 0 Å². The Morgan fingerprint density at radius 3 is 2.26 bits per heavy atom. The number of carbonyl (C=O) groups excluding carboxylic acids is 3. The van der Waals surface area contributed by atoms with Gasteiger partial charge in [0, 0.05) is 44.5 Å². The molecular formula is C38H33BrN4O7. The van der Waals surface area contributed by atoms with Crippen molar-refractivity contribution in [3.05, 3.63) is 139 Å². The number of nitrogens with one attached hydrogen (secondary N) is 2. The van der Waals surface area contributed by atoms with Gasteiger partial charge in [-0.3, -0.25) is 20.2 Å². The van der Waals surface area contributed by atoms with Crippen LogP contribution in [0.4, 0.5) is 11.4 Å². The maximum atomic E-state index is 15.8. The van der Waals surface area contributed by atoms with Gasteiger partial charge >= 0.3 is 11.9 Å². The maximum Gasteiger partial charge on any atom is 0.340 e. The molecule has 2 aliphatic heterocycles. The van der Waals surface area contributed by atoms with Crippen LogP contribution in [0.5, 0.6) is 0 Å². The number of amides is 1. The minimum Gasteiger partial charge on any atom is -0.464 e. The average molecular weight is 738 g/mol. The average Bonchev–Trinajstić information content (AvgIpc) is 3.59. The van der Waals surface area contributed by atoms with Gasteiger partial charge in [-0.1, -0.05) is 76.1 Å². The summed E-state index contributed by atoms with van der Waals surface area (Å²) in [6.07, 6.45) is 0. The number of nitro benzene ring substituents is 1. The summed E-state index contributed by atoms with van der Waals surface area (Å²) in [5.74, 6) is -2.49. The lowest BCUT2D eigenvalue weighted by molar-refractivity contribution is -0.384. The van der Waals surface area contributed by atoms with Crippen LogP contribution in [-0.4, -0.2) is 46.5 Å². The number of anilines is 1. The van der Waals surface area contributed by atoms with Gasteiger partial charge in [0.2, 0.25) is 11.4 Å². The van der Waals surface area contributed by atoms with E-state index in [9.17, 15) is 19.7 Å². The van der Waals surface area contributed by atoms with Gasteiger partial charge in [-0.05, 0) is 61.7 Å². The molecule has 0 aliphatic carbocycles. The van der Waals surface area contributed by atoms with Gasteiger partial charge in [0.25, 0.3) is 5.69 Å². The van der Waals surface area contributed by atoms with E-state index >= 15 is 4.79 Å². The number of carbonyl (C=O) groups is 3. The number of H-pyrrole nitrogens is 1. The van der Waals surface area contributed by atoms with E-state index < -0.39 is 39.8 Å². The Kier molecular flexibility index (Phi) is 8.31. The van der Waals surface area contributed by atoms with Crippen LogP contribution in [0.1, 0.15) is 53.4 Å². The molecule has 254 valence electrons. The fourth-order valence-corrected chi connectivity index (χ4v) is 7.90. The molecule has 2 N–H and O–H groups in total. The number of rotatable bonds is 8. The van der Waals surface area contributed by atoms with Crippen LogP contribution in [0.3, 0.4) is 0 Å². The monoisotopic (exact) mass is 736 g/mol. The standard InChI is InChI=1S/C38H33BrN4O7/c1-4-49-35(45)38(36(46)50-5-2)37(28-17-14-25(39)20-30(28)42(34(37)44)21-23-9-7-6-8-10-23)31-27-19-22(3)11-18-29(27)40-33(31)32(41-38)24-12-15-26(16-13-24)43(47)48/h6-20,32,40-41H,4-5,21H2,1-3H3/t32-,37+/m0/s1. The highest BCUT2D eigenvalue weighted by Crippen LogP contribution is 2.60. The van der Waals surface area contributed by atoms with E-state index in [0.29, 0.717) is 43.4 Å². The highest BCUT2D eigenvalue weighted by Gasteiger charge is 2.76. The molecule has 0 saturated heterocycles. The van der Waals surface area contributed by atoms with Crippen molar-refractivity contribution < 1.29 is 28.8 Å². The van der Waals surface area contributed by atoms with Gasteiger partial charge in [0.15, 0.2) is 0 Å². The van der Waals surface area contributed by atoms with Gasteiger partial charge in [0.05, 0.1) is 30.7 Å². The second-order valence-corrected chi connectivity index (χ2v) is 13.3. The number of esters is 2. The topological polar surface area (TPSA) is 144 Å². The van der Waals surface area contributed by atoms with Crippen molar-refractivity contribution in [2.45, 2.75) is 44.3 Å². The normalized spacial score (nSPS) is 18.9. The lowest BCUT2D eigenvalue weighted by atomic mass is 9.57. The molecule has 2 atom stereocenters. The van der Waals surface area contributed by atoms with Gasteiger partial charge in [0.1, 0.15) is 5.41 Å². The molecule has 1 aromatic heterocycles. The van der Waals surface area contributed by atoms with Gasteiger partial charge < -0.3 is 19.4 Å². The number of hydrogen-bond acceptors (Lipinski definition) is 8. The Labute approximate surface area is 295 Å². The molecule has 50 heavy (non-hydrogen) atoms. The fourth-order valence-electron chi connectivity index (χ4n) is 7.56. The predicted molar refractivity (Wildman–Crippen MR) is 190 cm³/mol. The quantitative estimate of drug-likeness (QED) is 0.0792. The number of nitro groups is 1. The summed E-state index contributed by atoms with van der Waals surface area (Å²) >= 11 is 3.59. The third-order valence-electron chi connectivity index (χ3n) is 9.57. The SMILES string of the molecule is CCOC(=O)C1(C(=O)OCC)N[C@@H](c2ccc([N+](=O)[O-])cc2)c2[nH]c3ccc(C)cc3c2[C@]12C(=O)N(Cc1ccccc1)c1cc(Br)ccc12. The van der Waals surface area contributed by atoms with Crippen LogP contribution in [0.25, 0.3) is 10.9 Å². The molecule has 0 radical (unpaired) electrons. The number of benzene rings is 4. The van der Waals surface area contributed by atoms with Crippen molar-refractivity contribution >= 4 is 56.1 Å². The number of ether oxygens (including phenoxy) is 2. The molecule has 12 heteroatoms. The van der Waals surface area contributed by atoms with Crippen molar-refractivity contribution in [2.75, 3.05) is 18.1 Å². The first kappa shape index (κ1) is 33.2. The van der Waals surface area contributed by atoms with E-state index in [0.717, 1.165) is 11.1 Å². The molecule has 3 heterocycles.